The van der Waals surface area contributed by atoms with Gasteiger partial charge in [0.25, 0.3) is 0 Å². The molecule has 2 rings (SSSR count). The van der Waals surface area contributed by atoms with Crippen molar-refractivity contribution in [2.24, 2.45) is 5.16 Å². The number of nitrogens with zero attached hydrogens (tertiary/aromatic N) is 1. The summed E-state index contributed by atoms with van der Waals surface area (Å²) < 4.78 is 18.4. The molecule has 0 aliphatic rings. The number of hydrogen-bond acceptors (Lipinski definition) is 17. The molecule has 0 bridgehead atoms. The summed E-state index contributed by atoms with van der Waals surface area (Å²) in [5.74, 6) is -8.42. The molecule has 0 radical (unpaired) electrons. The molecule has 0 aliphatic heterocycles. The Morgan fingerprint density at radius 3 is 1.31 bits per heavy atom. The quantitative estimate of drug-likeness (QED) is 0.0232. The maximum Gasteiger partial charge on any atom is 0.345 e. The SMILES string of the molecule is COC(=O)c1c(O)cc(CNC(=O)CCCC(=O)OC(=O)CC/C(=N/O)OC(=O)CCCC(=O)NCc2cc(O)c(C(=O)OC)c(O)c2)cc1O. The van der Waals surface area contributed by atoms with Gasteiger partial charge in [0.15, 0.2) is 0 Å². The largest absolute Gasteiger partial charge is 0.507 e. The third kappa shape index (κ3) is 13.6. The van der Waals surface area contributed by atoms with Gasteiger partial charge in [0.1, 0.15) is 34.1 Å². The summed E-state index contributed by atoms with van der Waals surface area (Å²) in [6, 6.07) is 4.65. The second-order valence-electron chi connectivity index (χ2n) is 10.6. The maximum atomic E-state index is 12.1. The van der Waals surface area contributed by atoms with Crippen LogP contribution in [0.2, 0.25) is 0 Å². The summed E-state index contributed by atoms with van der Waals surface area (Å²) in [4.78, 5) is 83.4. The van der Waals surface area contributed by atoms with Crippen molar-refractivity contribution >= 4 is 47.6 Å². The molecular weight excluding hydrogens is 682 g/mol. The highest BCUT2D eigenvalue weighted by atomic mass is 16.6. The van der Waals surface area contributed by atoms with Gasteiger partial charge < -0.3 is 55.2 Å². The van der Waals surface area contributed by atoms with Gasteiger partial charge in [-0.1, -0.05) is 5.16 Å². The molecule has 2 amide bonds. The number of phenols is 4. The minimum absolute atomic E-state index is 0.00598. The Kier molecular flexibility index (Phi) is 16.1. The topological polar surface area (TPSA) is 294 Å². The highest BCUT2D eigenvalue weighted by Crippen LogP contribution is 2.30. The Balaban J connectivity index is 1.63. The van der Waals surface area contributed by atoms with Crippen LogP contribution in [0.15, 0.2) is 29.4 Å². The smallest absolute Gasteiger partial charge is 0.345 e. The lowest BCUT2D eigenvalue weighted by Gasteiger charge is -2.10. The lowest BCUT2D eigenvalue weighted by molar-refractivity contribution is -0.159. The molecular formula is C32H37N3O16. The minimum Gasteiger partial charge on any atom is -0.507 e. The predicted octanol–water partition coefficient (Wildman–Crippen LogP) is 1.54. The number of esters is 5. The van der Waals surface area contributed by atoms with E-state index in [0.717, 1.165) is 38.5 Å². The first-order valence-corrected chi connectivity index (χ1v) is 15.1. The van der Waals surface area contributed by atoms with Crippen LogP contribution in [0, 0.1) is 0 Å². The first kappa shape index (κ1) is 40.8. The Morgan fingerprint density at radius 2 is 0.941 bits per heavy atom. The van der Waals surface area contributed by atoms with Crippen molar-refractivity contribution in [2.45, 2.75) is 64.5 Å². The van der Waals surface area contributed by atoms with Crippen LogP contribution >= 0.6 is 0 Å². The van der Waals surface area contributed by atoms with Crippen molar-refractivity contribution in [3.05, 3.63) is 46.5 Å². The number of carbonyl (C=O) groups is 7. The summed E-state index contributed by atoms with van der Waals surface area (Å²) in [7, 11) is 2.15. The van der Waals surface area contributed by atoms with E-state index in [4.69, 9.17) is 9.94 Å². The first-order chi connectivity index (χ1) is 24.2. The van der Waals surface area contributed by atoms with Gasteiger partial charge in [0, 0.05) is 45.2 Å². The van der Waals surface area contributed by atoms with E-state index in [0.29, 0.717) is 0 Å². The third-order valence-electron chi connectivity index (χ3n) is 6.75. The van der Waals surface area contributed by atoms with Crippen LogP contribution in [0.5, 0.6) is 23.0 Å². The standard InChI is InChI=1S/C32H37N3O16/c1-48-31(45)29-19(36)11-17(12-20(29)37)15-33-23(40)5-3-7-26(42)50-25(35-47)9-10-28(44)51-27(43)8-4-6-24(41)34-16-18-13-21(38)30(22(39)14-18)32(46)49-2/h11-14,36-39,47H,3-10,15-16H2,1-2H3,(H,33,40)(H,34,41)/b35-25-. The molecule has 0 heterocycles. The van der Waals surface area contributed by atoms with E-state index in [-0.39, 0.29) is 62.7 Å². The van der Waals surface area contributed by atoms with E-state index in [1.807, 2.05) is 0 Å². The fourth-order valence-electron chi connectivity index (χ4n) is 4.27. The van der Waals surface area contributed by atoms with Crippen molar-refractivity contribution in [3.63, 3.8) is 0 Å². The maximum absolute atomic E-state index is 12.1. The number of hydrogen-bond donors (Lipinski definition) is 7. The van der Waals surface area contributed by atoms with Gasteiger partial charge in [-0.15, -0.1) is 0 Å². The summed E-state index contributed by atoms with van der Waals surface area (Å²) >= 11 is 0. The van der Waals surface area contributed by atoms with Crippen LogP contribution in [-0.2, 0) is 56.0 Å². The van der Waals surface area contributed by atoms with E-state index in [1.165, 1.54) is 0 Å². The predicted molar refractivity (Wildman–Crippen MR) is 169 cm³/mol. The molecule has 51 heavy (non-hydrogen) atoms. The fraction of sp³-hybridized carbons (Fsp3) is 0.375. The zero-order valence-corrected chi connectivity index (χ0v) is 27.6. The first-order valence-electron chi connectivity index (χ1n) is 15.1. The van der Waals surface area contributed by atoms with E-state index in [1.54, 1.807) is 0 Å². The number of rotatable bonds is 17. The highest BCUT2D eigenvalue weighted by Gasteiger charge is 2.20. The normalized spacial score (nSPS) is 10.8. The average molecular weight is 720 g/mol. The number of ether oxygens (including phenoxy) is 4. The average Bonchev–Trinajstić information content (AvgIpc) is 3.07. The Bertz CT molecular complexity index is 1620. The molecule has 0 aliphatic carbocycles. The number of amides is 2. The number of nitrogens with one attached hydrogen (secondary N) is 2. The lowest BCUT2D eigenvalue weighted by atomic mass is 10.1. The molecule has 0 fully saturated rings. The summed E-state index contributed by atoms with van der Waals surface area (Å²) in [5.41, 5.74) is -0.293. The van der Waals surface area contributed by atoms with Crippen molar-refractivity contribution in [1.82, 2.24) is 10.6 Å². The van der Waals surface area contributed by atoms with Gasteiger partial charge in [0.05, 0.1) is 20.6 Å². The molecule has 19 heteroatoms. The van der Waals surface area contributed by atoms with Gasteiger partial charge in [0.2, 0.25) is 17.7 Å². The van der Waals surface area contributed by atoms with E-state index < -0.39 is 94.5 Å². The van der Waals surface area contributed by atoms with E-state index in [9.17, 15) is 54.0 Å². The van der Waals surface area contributed by atoms with Crippen LogP contribution in [-0.4, -0.2) is 87.4 Å². The zero-order chi connectivity index (χ0) is 38.1. The Morgan fingerprint density at radius 1 is 0.569 bits per heavy atom. The van der Waals surface area contributed by atoms with Crippen LogP contribution in [0.3, 0.4) is 0 Å². The molecule has 0 saturated carbocycles. The van der Waals surface area contributed by atoms with Crippen molar-refractivity contribution in [3.8, 4) is 23.0 Å². The van der Waals surface area contributed by atoms with Crippen LogP contribution in [0.1, 0.15) is 83.2 Å². The number of phenolic OH excluding ortho intramolecular Hbond substituents is 4. The van der Waals surface area contributed by atoms with Crippen molar-refractivity contribution < 1.29 is 78.1 Å². The number of benzene rings is 2. The van der Waals surface area contributed by atoms with E-state index >= 15 is 0 Å². The van der Waals surface area contributed by atoms with Crippen molar-refractivity contribution in [1.29, 1.82) is 0 Å². The fourth-order valence-corrected chi connectivity index (χ4v) is 4.27. The lowest BCUT2D eigenvalue weighted by Crippen LogP contribution is -2.23. The van der Waals surface area contributed by atoms with Gasteiger partial charge in [-0.05, 0) is 48.2 Å². The van der Waals surface area contributed by atoms with Gasteiger partial charge in [-0.2, -0.15) is 0 Å². The molecule has 19 nitrogen and oxygen atoms in total. The molecule has 2 aromatic rings. The van der Waals surface area contributed by atoms with Gasteiger partial charge >= 0.3 is 29.8 Å². The number of methoxy groups -OCH3 is 2. The number of aromatic hydroxyl groups is 4. The molecule has 0 unspecified atom stereocenters. The van der Waals surface area contributed by atoms with Crippen molar-refractivity contribution in [2.75, 3.05) is 14.2 Å². The molecule has 0 atom stereocenters. The second kappa shape index (κ2) is 20.2. The summed E-state index contributed by atoms with van der Waals surface area (Å²) in [5, 5.41) is 56.7. The summed E-state index contributed by atoms with van der Waals surface area (Å²) in [6.07, 6.45) is -1.72. The van der Waals surface area contributed by atoms with Crippen LogP contribution in [0.25, 0.3) is 0 Å². The van der Waals surface area contributed by atoms with Crippen LogP contribution < -0.4 is 10.6 Å². The number of carbonyl (C=O) groups excluding carboxylic acids is 7. The highest BCUT2D eigenvalue weighted by molar-refractivity contribution is 5.96. The minimum atomic E-state index is -1.02. The summed E-state index contributed by atoms with van der Waals surface area (Å²) in [6.45, 7) is -0.229. The molecule has 0 saturated heterocycles. The zero-order valence-electron chi connectivity index (χ0n) is 27.6. The molecule has 276 valence electrons. The second-order valence-corrected chi connectivity index (χ2v) is 10.6. The molecule has 7 N–H and O–H groups in total. The van der Waals surface area contributed by atoms with E-state index in [2.05, 4.69) is 30.0 Å². The van der Waals surface area contributed by atoms with Gasteiger partial charge in [-0.3, -0.25) is 24.0 Å². The number of oxime groups is 1. The molecule has 2 aromatic carbocycles. The Hall–Kier alpha value is -6.40. The molecule has 0 aromatic heterocycles. The monoisotopic (exact) mass is 719 g/mol. The molecule has 0 spiro atoms. The Labute approximate surface area is 289 Å². The third-order valence-corrected chi connectivity index (χ3v) is 6.75. The van der Waals surface area contributed by atoms with Gasteiger partial charge in [-0.25, -0.2) is 9.59 Å². The van der Waals surface area contributed by atoms with Crippen LogP contribution in [0.4, 0.5) is 0 Å².